The van der Waals surface area contributed by atoms with Crippen molar-refractivity contribution in [3.8, 4) is 16.6 Å². The highest BCUT2D eigenvalue weighted by Crippen LogP contribution is 2.31. The quantitative estimate of drug-likeness (QED) is 0.390. The lowest BCUT2D eigenvalue weighted by Gasteiger charge is -2.18. The number of carbonyl (C=O) groups excluding carboxylic acids is 1. The Morgan fingerprint density at radius 3 is 2.42 bits per heavy atom. The predicted molar refractivity (Wildman–Crippen MR) is 132 cm³/mol. The molecule has 0 aliphatic rings. The summed E-state index contributed by atoms with van der Waals surface area (Å²) in [5, 5.41) is 8.13. The van der Waals surface area contributed by atoms with Gasteiger partial charge in [-0.3, -0.25) is 4.79 Å². The van der Waals surface area contributed by atoms with Crippen LogP contribution < -0.4 is 14.8 Å². The molecular formula is C25H28N4O3S. The van der Waals surface area contributed by atoms with Gasteiger partial charge in [0.05, 0.1) is 22.5 Å². The zero-order chi connectivity index (χ0) is 23.6. The van der Waals surface area contributed by atoms with Crippen LogP contribution in [0.3, 0.4) is 0 Å². The van der Waals surface area contributed by atoms with Crippen molar-refractivity contribution in [2.24, 2.45) is 0 Å². The zero-order valence-electron chi connectivity index (χ0n) is 19.5. The van der Waals surface area contributed by atoms with Crippen molar-refractivity contribution in [1.82, 2.24) is 14.8 Å². The molecule has 4 aromatic rings. The molecular weight excluding hydrogens is 436 g/mol. The van der Waals surface area contributed by atoms with Crippen molar-refractivity contribution >= 4 is 33.3 Å². The standard InChI is InChI=1S/C25H28N4O3S/c1-6-31-18-8-10-19(11-9-18)32-15-23(30)27-22-13-16(2)28-29(22)24-26-20-12-7-17(25(3,4)5)14-21(20)33-24/h7-14H,6,15H2,1-5H3,(H,27,30). The molecule has 172 valence electrons. The van der Waals surface area contributed by atoms with Crippen LogP contribution >= 0.6 is 11.3 Å². The maximum atomic E-state index is 12.6. The summed E-state index contributed by atoms with van der Waals surface area (Å²) >= 11 is 1.55. The monoisotopic (exact) mass is 464 g/mol. The summed E-state index contributed by atoms with van der Waals surface area (Å²) < 4.78 is 13.8. The summed E-state index contributed by atoms with van der Waals surface area (Å²) in [6.07, 6.45) is 0. The van der Waals surface area contributed by atoms with E-state index < -0.39 is 0 Å². The van der Waals surface area contributed by atoms with Gasteiger partial charge in [-0.2, -0.15) is 9.78 Å². The predicted octanol–water partition coefficient (Wildman–Crippen LogP) is 5.50. The minimum absolute atomic E-state index is 0.0586. The number of fused-ring (bicyclic) bond motifs is 1. The molecule has 1 amide bonds. The summed E-state index contributed by atoms with van der Waals surface area (Å²) in [5.41, 5.74) is 3.00. The number of anilines is 1. The van der Waals surface area contributed by atoms with Gasteiger partial charge in [-0.15, -0.1) is 0 Å². The maximum absolute atomic E-state index is 12.6. The first-order valence-corrected chi connectivity index (χ1v) is 11.7. The van der Waals surface area contributed by atoms with E-state index in [2.05, 4.69) is 43.3 Å². The molecule has 0 radical (unpaired) electrons. The highest BCUT2D eigenvalue weighted by molar-refractivity contribution is 7.20. The van der Waals surface area contributed by atoms with E-state index in [9.17, 15) is 4.79 Å². The summed E-state index contributed by atoms with van der Waals surface area (Å²) in [7, 11) is 0. The van der Waals surface area contributed by atoms with Crippen molar-refractivity contribution in [3.63, 3.8) is 0 Å². The van der Waals surface area contributed by atoms with Gasteiger partial charge in [0.2, 0.25) is 5.13 Å². The number of benzene rings is 2. The number of carbonyl (C=O) groups is 1. The van der Waals surface area contributed by atoms with Crippen LogP contribution in [0.4, 0.5) is 5.82 Å². The van der Waals surface area contributed by atoms with Gasteiger partial charge in [0.15, 0.2) is 6.61 Å². The number of nitrogens with one attached hydrogen (secondary N) is 1. The smallest absolute Gasteiger partial charge is 0.263 e. The molecule has 0 unspecified atom stereocenters. The zero-order valence-corrected chi connectivity index (χ0v) is 20.3. The molecule has 0 fully saturated rings. The number of rotatable bonds is 7. The SMILES string of the molecule is CCOc1ccc(OCC(=O)Nc2cc(C)nn2-c2nc3ccc(C(C)(C)C)cc3s2)cc1. The Morgan fingerprint density at radius 1 is 1.06 bits per heavy atom. The topological polar surface area (TPSA) is 78.3 Å². The first-order valence-electron chi connectivity index (χ1n) is 10.9. The fourth-order valence-corrected chi connectivity index (χ4v) is 4.30. The molecule has 0 aliphatic heterocycles. The minimum Gasteiger partial charge on any atom is -0.494 e. The van der Waals surface area contributed by atoms with Gasteiger partial charge in [-0.25, -0.2) is 4.98 Å². The number of thiazole rings is 1. The number of aryl methyl sites for hydroxylation is 1. The van der Waals surface area contributed by atoms with Gasteiger partial charge in [-0.1, -0.05) is 38.2 Å². The van der Waals surface area contributed by atoms with E-state index in [0.29, 0.717) is 23.3 Å². The van der Waals surface area contributed by atoms with Crippen LogP contribution in [0.1, 0.15) is 39.0 Å². The van der Waals surface area contributed by atoms with Crippen LogP contribution in [0.15, 0.2) is 48.5 Å². The molecule has 0 bridgehead atoms. The molecule has 7 nitrogen and oxygen atoms in total. The highest BCUT2D eigenvalue weighted by Gasteiger charge is 2.18. The number of aromatic nitrogens is 3. The highest BCUT2D eigenvalue weighted by atomic mass is 32.1. The van der Waals surface area contributed by atoms with Crippen LogP contribution in [0.5, 0.6) is 11.5 Å². The van der Waals surface area contributed by atoms with E-state index >= 15 is 0 Å². The third-order valence-corrected chi connectivity index (χ3v) is 6.02. The molecule has 0 saturated carbocycles. The summed E-state index contributed by atoms with van der Waals surface area (Å²) in [4.78, 5) is 17.3. The lowest BCUT2D eigenvalue weighted by molar-refractivity contribution is -0.118. The van der Waals surface area contributed by atoms with Gasteiger partial charge in [0, 0.05) is 6.07 Å². The fraction of sp³-hybridized carbons (Fsp3) is 0.320. The second-order valence-electron chi connectivity index (χ2n) is 8.75. The number of hydrogen-bond donors (Lipinski definition) is 1. The maximum Gasteiger partial charge on any atom is 0.263 e. The molecule has 0 saturated heterocycles. The van der Waals surface area contributed by atoms with Gasteiger partial charge < -0.3 is 14.8 Å². The Balaban J connectivity index is 1.48. The van der Waals surface area contributed by atoms with Gasteiger partial charge in [-0.05, 0) is 61.2 Å². The Bertz CT molecular complexity index is 1270. The van der Waals surface area contributed by atoms with Crippen LogP contribution in [-0.2, 0) is 10.2 Å². The minimum atomic E-state index is -0.277. The second-order valence-corrected chi connectivity index (χ2v) is 9.76. The molecule has 33 heavy (non-hydrogen) atoms. The van der Waals surface area contributed by atoms with Crippen LogP contribution in [-0.4, -0.2) is 33.9 Å². The summed E-state index contributed by atoms with van der Waals surface area (Å²) in [6, 6.07) is 15.3. The van der Waals surface area contributed by atoms with E-state index in [1.54, 1.807) is 28.2 Å². The molecule has 0 atom stereocenters. The largest absolute Gasteiger partial charge is 0.494 e. The van der Waals surface area contributed by atoms with Crippen molar-refractivity contribution in [1.29, 1.82) is 0 Å². The molecule has 2 aromatic carbocycles. The van der Waals surface area contributed by atoms with E-state index in [0.717, 1.165) is 21.7 Å². The molecule has 8 heteroatoms. The average Bonchev–Trinajstić information content (AvgIpc) is 3.35. The normalized spacial score (nSPS) is 11.5. The van der Waals surface area contributed by atoms with Crippen molar-refractivity contribution < 1.29 is 14.3 Å². The van der Waals surface area contributed by atoms with Crippen LogP contribution in [0.2, 0.25) is 0 Å². The average molecular weight is 465 g/mol. The number of nitrogens with zero attached hydrogens (tertiary/aromatic N) is 3. The van der Waals surface area contributed by atoms with E-state index in [-0.39, 0.29) is 17.9 Å². The van der Waals surface area contributed by atoms with Crippen molar-refractivity contribution in [2.75, 3.05) is 18.5 Å². The van der Waals surface area contributed by atoms with Crippen LogP contribution in [0, 0.1) is 6.92 Å². The first-order chi connectivity index (χ1) is 15.7. The number of hydrogen-bond acceptors (Lipinski definition) is 6. The van der Waals surface area contributed by atoms with Gasteiger partial charge in [0.1, 0.15) is 17.3 Å². The van der Waals surface area contributed by atoms with E-state index in [4.69, 9.17) is 14.5 Å². The number of amides is 1. The third-order valence-electron chi connectivity index (χ3n) is 5.03. The van der Waals surface area contributed by atoms with Crippen molar-refractivity contribution in [3.05, 3.63) is 59.8 Å². The number of ether oxygens (including phenoxy) is 2. The Labute approximate surface area is 197 Å². The lowest BCUT2D eigenvalue weighted by atomic mass is 9.87. The summed E-state index contributed by atoms with van der Waals surface area (Å²) in [6.45, 7) is 10.9. The lowest BCUT2D eigenvalue weighted by Crippen LogP contribution is -2.21. The van der Waals surface area contributed by atoms with Gasteiger partial charge >= 0.3 is 0 Å². The van der Waals surface area contributed by atoms with E-state index in [1.807, 2.05) is 38.1 Å². The van der Waals surface area contributed by atoms with Crippen molar-refractivity contribution in [2.45, 2.75) is 40.0 Å². The Morgan fingerprint density at radius 2 is 1.76 bits per heavy atom. The van der Waals surface area contributed by atoms with Gasteiger partial charge in [0.25, 0.3) is 5.91 Å². The molecule has 2 heterocycles. The molecule has 4 rings (SSSR count). The second kappa shape index (κ2) is 9.23. The summed E-state index contributed by atoms with van der Waals surface area (Å²) in [5.74, 6) is 1.64. The molecule has 0 aliphatic carbocycles. The Kier molecular flexibility index (Phi) is 6.37. The Hall–Kier alpha value is -3.39. The third kappa shape index (κ3) is 5.34. The van der Waals surface area contributed by atoms with Crippen LogP contribution in [0.25, 0.3) is 15.3 Å². The van der Waals surface area contributed by atoms with E-state index in [1.165, 1.54) is 5.56 Å². The molecule has 0 spiro atoms. The molecule has 1 N–H and O–H groups in total. The first kappa shape index (κ1) is 22.8. The fourth-order valence-electron chi connectivity index (χ4n) is 3.33. The molecule has 2 aromatic heterocycles.